The third kappa shape index (κ3) is 4.59. The van der Waals surface area contributed by atoms with Gasteiger partial charge in [0.2, 0.25) is 0 Å². The molecule has 106 valence electrons. The summed E-state index contributed by atoms with van der Waals surface area (Å²) in [5.74, 6) is -0.618. The van der Waals surface area contributed by atoms with Crippen molar-refractivity contribution in [2.75, 3.05) is 0 Å². The highest BCUT2D eigenvalue weighted by atomic mass is 35.5. The number of halogens is 1. The Bertz CT molecular complexity index is 485. The summed E-state index contributed by atoms with van der Waals surface area (Å²) >= 11 is 5.83. The molecule has 1 heterocycles. The molecule has 19 heavy (non-hydrogen) atoms. The van der Waals surface area contributed by atoms with Crippen molar-refractivity contribution in [3.05, 3.63) is 23.0 Å². The van der Waals surface area contributed by atoms with Gasteiger partial charge < -0.3 is 9.47 Å². The maximum Gasteiger partial charge on any atom is 0.419 e. The van der Waals surface area contributed by atoms with Gasteiger partial charge in [0.05, 0.1) is 11.1 Å². The fraction of sp³-hybridized carbons (Fsp3) is 0.538. The molecule has 0 aliphatic heterocycles. The lowest BCUT2D eigenvalue weighted by Gasteiger charge is -2.20. The van der Waals surface area contributed by atoms with E-state index in [1.54, 1.807) is 34.6 Å². The molecule has 0 amide bonds. The Kier molecular flexibility index (Phi) is 4.63. The highest BCUT2D eigenvalue weighted by Gasteiger charge is 2.24. The van der Waals surface area contributed by atoms with E-state index >= 15 is 0 Å². The van der Waals surface area contributed by atoms with Crippen LogP contribution in [-0.4, -0.2) is 28.3 Å². The van der Waals surface area contributed by atoms with E-state index in [0.29, 0.717) is 0 Å². The molecule has 0 N–H and O–H groups in total. The Morgan fingerprint density at radius 2 is 1.89 bits per heavy atom. The third-order valence-electron chi connectivity index (χ3n) is 1.93. The fourth-order valence-corrected chi connectivity index (χ4v) is 1.53. The number of rotatable bonds is 2. The lowest BCUT2D eigenvalue weighted by atomic mass is 10.2. The van der Waals surface area contributed by atoms with Gasteiger partial charge in [-0.15, -0.1) is 0 Å². The van der Waals surface area contributed by atoms with Crippen LogP contribution in [0.1, 0.15) is 45.1 Å². The van der Waals surface area contributed by atoms with Gasteiger partial charge in [-0.1, -0.05) is 11.6 Å². The van der Waals surface area contributed by atoms with E-state index in [-0.39, 0.29) is 16.8 Å². The van der Waals surface area contributed by atoms with Crippen LogP contribution in [0, 0.1) is 0 Å². The second kappa shape index (κ2) is 5.65. The number of aromatic nitrogens is 1. The standard InChI is InChI=1S/C13H18ClNO4/c1-8(2)18-11(16)10-6-9(14)7-15(10)12(17)19-13(3,4)5/h6-8H,1-5H3. The van der Waals surface area contributed by atoms with E-state index in [2.05, 4.69) is 0 Å². The molecular formula is C13H18ClNO4. The van der Waals surface area contributed by atoms with Gasteiger partial charge in [0.15, 0.2) is 0 Å². The van der Waals surface area contributed by atoms with Gasteiger partial charge in [-0.25, -0.2) is 14.2 Å². The van der Waals surface area contributed by atoms with Crippen molar-refractivity contribution in [1.82, 2.24) is 4.57 Å². The minimum atomic E-state index is -0.671. The summed E-state index contributed by atoms with van der Waals surface area (Å²) in [5.41, 5.74) is -0.611. The van der Waals surface area contributed by atoms with E-state index in [1.165, 1.54) is 12.3 Å². The molecule has 0 radical (unpaired) electrons. The first kappa shape index (κ1) is 15.6. The topological polar surface area (TPSA) is 57.5 Å². The van der Waals surface area contributed by atoms with Gasteiger partial charge in [-0.3, -0.25) is 0 Å². The lowest BCUT2D eigenvalue weighted by molar-refractivity contribution is 0.0338. The minimum Gasteiger partial charge on any atom is -0.458 e. The number of carbonyl (C=O) groups excluding carboxylic acids is 2. The highest BCUT2D eigenvalue weighted by molar-refractivity contribution is 6.31. The molecule has 0 spiro atoms. The smallest absolute Gasteiger partial charge is 0.419 e. The average molecular weight is 288 g/mol. The highest BCUT2D eigenvalue weighted by Crippen LogP contribution is 2.18. The molecule has 0 aliphatic carbocycles. The zero-order chi connectivity index (χ0) is 14.8. The molecule has 5 nitrogen and oxygen atoms in total. The summed E-state index contributed by atoms with van der Waals surface area (Å²) in [5, 5.41) is 0.265. The lowest BCUT2D eigenvalue weighted by Crippen LogP contribution is -2.29. The first-order chi connectivity index (χ1) is 8.60. The fourth-order valence-electron chi connectivity index (χ4n) is 1.32. The van der Waals surface area contributed by atoms with Crippen LogP contribution >= 0.6 is 11.6 Å². The van der Waals surface area contributed by atoms with Crippen LogP contribution in [0.3, 0.4) is 0 Å². The summed E-state index contributed by atoms with van der Waals surface area (Å²) < 4.78 is 11.3. The van der Waals surface area contributed by atoms with E-state index in [4.69, 9.17) is 21.1 Å². The quantitative estimate of drug-likeness (QED) is 0.781. The second-order valence-electron chi connectivity index (χ2n) is 5.35. The molecular weight excluding hydrogens is 270 g/mol. The van der Waals surface area contributed by atoms with Crippen LogP contribution in [0.15, 0.2) is 12.3 Å². The van der Waals surface area contributed by atoms with Gasteiger partial charge in [0.25, 0.3) is 0 Å². The van der Waals surface area contributed by atoms with Crippen LogP contribution < -0.4 is 0 Å². The third-order valence-corrected chi connectivity index (χ3v) is 2.14. The molecule has 1 aromatic rings. The van der Waals surface area contributed by atoms with Crippen molar-refractivity contribution in [2.45, 2.75) is 46.3 Å². The van der Waals surface area contributed by atoms with Gasteiger partial charge in [0.1, 0.15) is 11.3 Å². The largest absolute Gasteiger partial charge is 0.458 e. The molecule has 0 aromatic carbocycles. The normalized spacial score (nSPS) is 11.5. The molecule has 0 aliphatic rings. The first-order valence-corrected chi connectivity index (χ1v) is 6.30. The molecule has 0 atom stereocenters. The van der Waals surface area contributed by atoms with Crippen molar-refractivity contribution in [2.24, 2.45) is 0 Å². The van der Waals surface area contributed by atoms with Crippen LogP contribution in [0.2, 0.25) is 5.02 Å². The minimum absolute atomic E-state index is 0.0490. The Morgan fingerprint density at radius 3 is 2.37 bits per heavy atom. The second-order valence-corrected chi connectivity index (χ2v) is 5.78. The SMILES string of the molecule is CC(C)OC(=O)c1cc(Cl)cn1C(=O)OC(C)(C)C. The van der Waals surface area contributed by atoms with Crippen molar-refractivity contribution >= 4 is 23.7 Å². The summed E-state index contributed by atoms with van der Waals surface area (Å²) in [6, 6.07) is 1.37. The van der Waals surface area contributed by atoms with E-state index < -0.39 is 17.7 Å². The van der Waals surface area contributed by atoms with Crippen molar-refractivity contribution in [3.63, 3.8) is 0 Å². The van der Waals surface area contributed by atoms with Crippen LogP contribution in [0.4, 0.5) is 4.79 Å². The van der Waals surface area contributed by atoms with Crippen LogP contribution in [0.25, 0.3) is 0 Å². The summed E-state index contributed by atoms with van der Waals surface area (Å²) in [4.78, 5) is 23.8. The zero-order valence-corrected chi connectivity index (χ0v) is 12.4. The molecule has 0 saturated carbocycles. The van der Waals surface area contributed by atoms with Gasteiger partial charge >= 0.3 is 12.1 Å². The maximum absolute atomic E-state index is 12.0. The molecule has 0 unspecified atom stereocenters. The van der Waals surface area contributed by atoms with Crippen molar-refractivity contribution < 1.29 is 19.1 Å². The van der Waals surface area contributed by atoms with E-state index in [0.717, 1.165) is 4.57 Å². The van der Waals surface area contributed by atoms with E-state index in [1.807, 2.05) is 0 Å². The summed E-state index contributed by atoms with van der Waals surface area (Å²) in [6.07, 6.45) is 0.371. The molecule has 0 fully saturated rings. The number of nitrogens with zero attached hydrogens (tertiary/aromatic N) is 1. The van der Waals surface area contributed by atoms with Gasteiger partial charge in [-0.05, 0) is 40.7 Å². The van der Waals surface area contributed by atoms with E-state index in [9.17, 15) is 9.59 Å². The Morgan fingerprint density at radius 1 is 1.32 bits per heavy atom. The van der Waals surface area contributed by atoms with Gasteiger partial charge in [-0.2, -0.15) is 0 Å². The van der Waals surface area contributed by atoms with Crippen LogP contribution in [0.5, 0.6) is 0 Å². The molecule has 1 aromatic heterocycles. The molecule has 6 heteroatoms. The molecule has 0 saturated heterocycles. The monoisotopic (exact) mass is 287 g/mol. The summed E-state index contributed by atoms with van der Waals surface area (Å²) in [6.45, 7) is 8.66. The summed E-state index contributed by atoms with van der Waals surface area (Å²) in [7, 11) is 0. The number of esters is 1. The number of carbonyl (C=O) groups is 2. The molecule has 1 rings (SSSR count). The Balaban J connectivity index is 3.02. The van der Waals surface area contributed by atoms with Crippen molar-refractivity contribution in [1.29, 1.82) is 0 Å². The Labute approximate surface area is 117 Å². The van der Waals surface area contributed by atoms with Crippen LogP contribution in [-0.2, 0) is 9.47 Å². The molecule has 0 bridgehead atoms. The number of ether oxygens (including phenoxy) is 2. The maximum atomic E-state index is 12.0. The number of hydrogen-bond acceptors (Lipinski definition) is 4. The van der Waals surface area contributed by atoms with Gasteiger partial charge in [0, 0.05) is 6.20 Å². The predicted molar refractivity (Wildman–Crippen MR) is 71.6 cm³/mol. The predicted octanol–water partition coefficient (Wildman–Crippen LogP) is 3.49. The first-order valence-electron chi connectivity index (χ1n) is 5.92. The van der Waals surface area contributed by atoms with Crippen molar-refractivity contribution in [3.8, 4) is 0 Å². The average Bonchev–Trinajstić information content (AvgIpc) is 2.56. The zero-order valence-electron chi connectivity index (χ0n) is 11.7. The number of hydrogen-bond donors (Lipinski definition) is 0. The Hall–Kier alpha value is -1.49.